The number of furan rings is 1. The van der Waals surface area contributed by atoms with E-state index in [1.165, 1.54) is 33.0 Å². The van der Waals surface area contributed by atoms with Crippen LogP contribution in [-0.2, 0) is 5.41 Å². The van der Waals surface area contributed by atoms with Gasteiger partial charge in [-0.25, -0.2) is 0 Å². The molecule has 2 nitrogen and oxygen atoms in total. The van der Waals surface area contributed by atoms with Crippen LogP contribution in [0.15, 0.2) is 156 Å². The van der Waals surface area contributed by atoms with Crippen LogP contribution in [0.2, 0.25) is 0 Å². The van der Waals surface area contributed by atoms with Crippen LogP contribution < -0.4 is 4.90 Å². The molecule has 214 valence electrons. The zero-order valence-electron chi connectivity index (χ0n) is 25.3. The molecule has 0 radical (unpaired) electrons. The lowest BCUT2D eigenvalue weighted by molar-refractivity contribution is 0.660. The van der Waals surface area contributed by atoms with Crippen LogP contribution in [0, 0.1) is 0 Å². The summed E-state index contributed by atoms with van der Waals surface area (Å²) in [5, 5.41) is 4.65. The van der Waals surface area contributed by atoms with E-state index in [2.05, 4.69) is 170 Å². The Morgan fingerprint density at radius 2 is 1.22 bits per heavy atom. The smallest absolute Gasteiger partial charge is 0.143 e. The predicted octanol–water partition coefficient (Wildman–Crippen LogP) is 12.2. The number of hydrogen-bond donors (Lipinski definition) is 0. The highest BCUT2D eigenvalue weighted by molar-refractivity contribution is 6.26. The van der Waals surface area contributed by atoms with Gasteiger partial charge in [0.1, 0.15) is 11.2 Å². The summed E-state index contributed by atoms with van der Waals surface area (Å²) >= 11 is 0. The van der Waals surface area contributed by atoms with E-state index < -0.39 is 0 Å². The van der Waals surface area contributed by atoms with Gasteiger partial charge in [0.2, 0.25) is 0 Å². The molecular formula is C43H31NO. The number of anilines is 3. The van der Waals surface area contributed by atoms with Crippen LogP contribution >= 0.6 is 0 Å². The first-order chi connectivity index (χ1) is 22.1. The molecule has 0 unspecified atom stereocenters. The molecule has 0 fully saturated rings. The van der Waals surface area contributed by atoms with Crippen LogP contribution in [0.25, 0.3) is 55.0 Å². The topological polar surface area (TPSA) is 16.4 Å². The Morgan fingerprint density at radius 1 is 0.511 bits per heavy atom. The molecule has 1 aliphatic rings. The fraction of sp³-hybridized carbons (Fsp3) is 0.0698. The van der Waals surface area contributed by atoms with Gasteiger partial charge in [-0.05, 0) is 81.1 Å². The minimum atomic E-state index is -0.0461. The summed E-state index contributed by atoms with van der Waals surface area (Å²) in [5.41, 5.74) is 12.7. The highest BCUT2D eigenvalue weighted by Gasteiger charge is 2.35. The third-order valence-corrected chi connectivity index (χ3v) is 9.63. The molecular weight excluding hydrogens is 546 g/mol. The monoisotopic (exact) mass is 577 g/mol. The Morgan fingerprint density at radius 3 is 2.07 bits per heavy atom. The summed E-state index contributed by atoms with van der Waals surface area (Å²) in [5.74, 6) is 0. The SMILES string of the molecule is CC1(C)c2ccccc2-c2cc(N(c3ccccc3)c3cccc4oc5c(-c6ccccc6)cc6ccccc6c5c34)ccc21. The lowest BCUT2D eigenvalue weighted by atomic mass is 9.82. The molecule has 0 aliphatic heterocycles. The first kappa shape index (κ1) is 25.9. The van der Waals surface area contributed by atoms with Gasteiger partial charge in [0.25, 0.3) is 0 Å². The molecule has 0 spiro atoms. The van der Waals surface area contributed by atoms with Crippen molar-refractivity contribution in [3.63, 3.8) is 0 Å². The quantitative estimate of drug-likeness (QED) is 0.207. The minimum absolute atomic E-state index is 0.0461. The molecule has 1 aliphatic carbocycles. The van der Waals surface area contributed by atoms with Crippen molar-refractivity contribution in [1.29, 1.82) is 0 Å². The highest BCUT2D eigenvalue weighted by atomic mass is 16.3. The van der Waals surface area contributed by atoms with Gasteiger partial charge in [0, 0.05) is 27.7 Å². The van der Waals surface area contributed by atoms with E-state index >= 15 is 0 Å². The maximum absolute atomic E-state index is 6.83. The third-order valence-electron chi connectivity index (χ3n) is 9.63. The van der Waals surface area contributed by atoms with Gasteiger partial charge in [0.05, 0.1) is 11.1 Å². The minimum Gasteiger partial charge on any atom is -0.455 e. The van der Waals surface area contributed by atoms with Gasteiger partial charge >= 0.3 is 0 Å². The fourth-order valence-electron chi connectivity index (χ4n) is 7.52. The van der Waals surface area contributed by atoms with Crippen molar-refractivity contribution >= 4 is 49.8 Å². The summed E-state index contributed by atoms with van der Waals surface area (Å²) in [7, 11) is 0. The van der Waals surface area contributed by atoms with E-state index in [1.54, 1.807) is 0 Å². The lowest BCUT2D eigenvalue weighted by Gasteiger charge is -2.27. The molecule has 9 rings (SSSR count). The number of benzene rings is 7. The number of hydrogen-bond acceptors (Lipinski definition) is 2. The van der Waals surface area contributed by atoms with Crippen LogP contribution in [0.1, 0.15) is 25.0 Å². The van der Waals surface area contributed by atoms with Gasteiger partial charge in [-0.3, -0.25) is 0 Å². The molecule has 1 aromatic heterocycles. The number of fused-ring (bicyclic) bond motifs is 8. The molecule has 45 heavy (non-hydrogen) atoms. The van der Waals surface area contributed by atoms with Gasteiger partial charge in [0.15, 0.2) is 0 Å². The van der Waals surface area contributed by atoms with Gasteiger partial charge in [-0.1, -0.05) is 123 Å². The average molecular weight is 578 g/mol. The summed E-state index contributed by atoms with van der Waals surface area (Å²) in [4.78, 5) is 2.40. The maximum Gasteiger partial charge on any atom is 0.143 e. The third kappa shape index (κ3) is 3.82. The molecule has 0 atom stereocenters. The molecule has 8 aromatic rings. The molecule has 1 heterocycles. The van der Waals surface area contributed by atoms with Crippen molar-refractivity contribution in [1.82, 2.24) is 0 Å². The van der Waals surface area contributed by atoms with Gasteiger partial charge < -0.3 is 9.32 Å². The second-order valence-electron chi connectivity index (χ2n) is 12.5. The van der Waals surface area contributed by atoms with E-state index in [0.717, 1.165) is 50.1 Å². The fourth-order valence-corrected chi connectivity index (χ4v) is 7.52. The molecule has 0 amide bonds. The molecule has 0 saturated heterocycles. The van der Waals surface area contributed by atoms with Crippen LogP contribution in [0.5, 0.6) is 0 Å². The highest BCUT2D eigenvalue weighted by Crippen LogP contribution is 2.52. The number of nitrogens with zero attached hydrogens (tertiary/aromatic N) is 1. The van der Waals surface area contributed by atoms with E-state index in [-0.39, 0.29) is 5.41 Å². The Labute approximate surface area is 262 Å². The van der Waals surface area contributed by atoms with Crippen LogP contribution in [0.4, 0.5) is 17.1 Å². The van der Waals surface area contributed by atoms with Crippen molar-refractivity contribution in [3.05, 3.63) is 163 Å². The Balaban J connectivity index is 1.37. The summed E-state index contributed by atoms with van der Waals surface area (Å²) in [6.07, 6.45) is 0. The van der Waals surface area contributed by atoms with E-state index in [4.69, 9.17) is 4.42 Å². The first-order valence-corrected chi connectivity index (χ1v) is 15.6. The van der Waals surface area contributed by atoms with E-state index in [1.807, 2.05) is 0 Å². The van der Waals surface area contributed by atoms with Crippen molar-refractivity contribution < 1.29 is 4.42 Å². The van der Waals surface area contributed by atoms with Crippen molar-refractivity contribution in [2.45, 2.75) is 19.3 Å². The van der Waals surface area contributed by atoms with Crippen molar-refractivity contribution in [2.24, 2.45) is 0 Å². The maximum atomic E-state index is 6.83. The van der Waals surface area contributed by atoms with Crippen molar-refractivity contribution in [2.75, 3.05) is 4.90 Å². The zero-order valence-corrected chi connectivity index (χ0v) is 25.3. The molecule has 0 N–H and O–H groups in total. The lowest BCUT2D eigenvalue weighted by Crippen LogP contribution is -2.15. The van der Waals surface area contributed by atoms with E-state index in [9.17, 15) is 0 Å². The number of para-hydroxylation sites is 1. The van der Waals surface area contributed by atoms with Gasteiger partial charge in [-0.15, -0.1) is 0 Å². The molecule has 7 aromatic carbocycles. The Bertz CT molecular complexity index is 2400. The van der Waals surface area contributed by atoms with E-state index in [0.29, 0.717) is 0 Å². The van der Waals surface area contributed by atoms with Crippen LogP contribution in [0.3, 0.4) is 0 Å². The van der Waals surface area contributed by atoms with Gasteiger partial charge in [-0.2, -0.15) is 0 Å². The first-order valence-electron chi connectivity index (χ1n) is 15.6. The molecule has 0 saturated carbocycles. The van der Waals surface area contributed by atoms with Crippen LogP contribution in [-0.4, -0.2) is 0 Å². The Hall–Kier alpha value is -5.60. The normalized spacial score (nSPS) is 13.3. The molecule has 0 bridgehead atoms. The average Bonchev–Trinajstić information content (AvgIpc) is 3.59. The second-order valence-corrected chi connectivity index (χ2v) is 12.5. The second kappa shape index (κ2) is 9.70. The summed E-state index contributed by atoms with van der Waals surface area (Å²) < 4.78 is 6.83. The summed E-state index contributed by atoms with van der Waals surface area (Å²) in [6.45, 7) is 4.67. The standard InChI is InChI=1S/C43H31NO/c1-43(2)36-21-12-11-20-33(36)35-27-31(24-25-37(35)43)44(30-17-7-4-8-18-30)38-22-13-23-39-41(38)40-32-19-10-9-16-29(32)26-34(42(40)45-39)28-14-5-3-6-15-28/h3-27H,1-2H3. The largest absolute Gasteiger partial charge is 0.455 e. The summed E-state index contributed by atoms with van der Waals surface area (Å²) in [6, 6.07) is 54.5. The predicted molar refractivity (Wildman–Crippen MR) is 189 cm³/mol. The molecule has 2 heteroatoms. The number of rotatable bonds is 4. The zero-order chi connectivity index (χ0) is 30.1. The Kier molecular flexibility index (Phi) is 5.58. The van der Waals surface area contributed by atoms with Crippen molar-refractivity contribution in [3.8, 4) is 22.3 Å².